The molecule has 0 aromatic heterocycles. The predicted octanol–water partition coefficient (Wildman–Crippen LogP) is 2.59. The first-order valence-corrected chi connectivity index (χ1v) is 9.69. The molecule has 0 rings (SSSR count). The quantitative estimate of drug-likeness (QED) is 0.340. The summed E-state index contributed by atoms with van der Waals surface area (Å²) in [6.07, 6.45) is 10.2. The fourth-order valence-corrected chi connectivity index (χ4v) is 2.50. The first-order valence-electron chi connectivity index (χ1n) is 9.69. The third-order valence-corrected chi connectivity index (χ3v) is 4.00. The summed E-state index contributed by atoms with van der Waals surface area (Å²) in [5.41, 5.74) is 5.46. The summed E-state index contributed by atoms with van der Waals surface area (Å²) in [5.74, 6) is 0. The second-order valence-corrected chi connectivity index (χ2v) is 6.25. The number of hydrogen-bond donors (Lipinski definition) is 3. The highest BCUT2D eigenvalue weighted by Gasteiger charge is 2.03. The topological polar surface area (TPSA) is 53.3 Å². The highest BCUT2D eigenvalue weighted by atomic mass is 15.1. The van der Waals surface area contributed by atoms with Crippen molar-refractivity contribution in [2.24, 2.45) is 5.73 Å². The van der Waals surface area contributed by atoms with Crippen LogP contribution in [0.2, 0.25) is 0 Å². The maximum atomic E-state index is 5.46. The van der Waals surface area contributed by atoms with Crippen molar-refractivity contribution in [3.8, 4) is 0 Å². The van der Waals surface area contributed by atoms with Gasteiger partial charge in [-0.2, -0.15) is 0 Å². The van der Waals surface area contributed by atoms with Gasteiger partial charge in [0, 0.05) is 0 Å². The molecule has 0 aromatic carbocycles. The van der Waals surface area contributed by atoms with E-state index in [1.807, 2.05) is 0 Å². The number of nitrogens with one attached hydrogen (secondary N) is 2. The highest BCUT2D eigenvalue weighted by molar-refractivity contribution is 4.60. The van der Waals surface area contributed by atoms with E-state index >= 15 is 0 Å². The van der Waals surface area contributed by atoms with Gasteiger partial charge in [0.1, 0.15) is 0 Å². The SMILES string of the molecule is CCCCN(CCCC)CCCNCCCCNCCCN. The van der Waals surface area contributed by atoms with Gasteiger partial charge in [-0.05, 0) is 90.9 Å². The van der Waals surface area contributed by atoms with Crippen molar-refractivity contribution in [1.29, 1.82) is 0 Å². The Hall–Kier alpha value is -0.160. The number of nitrogens with two attached hydrogens (primary N) is 1. The Bertz CT molecular complexity index is 192. The van der Waals surface area contributed by atoms with Crippen LogP contribution in [0.5, 0.6) is 0 Å². The smallest absolute Gasteiger partial charge is 0.000664 e. The van der Waals surface area contributed by atoms with Crippen LogP contribution in [0.3, 0.4) is 0 Å². The minimum Gasteiger partial charge on any atom is -0.330 e. The second kappa shape index (κ2) is 18.9. The van der Waals surface area contributed by atoms with Crippen LogP contribution in [0.25, 0.3) is 0 Å². The molecule has 0 aliphatic rings. The molecule has 0 spiro atoms. The van der Waals surface area contributed by atoms with Crippen LogP contribution in [-0.2, 0) is 0 Å². The van der Waals surface area contributed by atoms with E-state index in [9.17, 15) is 0 Å². The Morgan fingerprint density at radius 3 is 1.59 bits per heavy atom. The van der Waals surface area contributed by atoms with Crippen molar-refractivity contribution >= 4 is 0 Å². The van der Waals surface area contributed by atoms with E-state index in [2.05, 4.69) is 29.4 Å². The molecule has 0 atom stereocenters. The summed E-state index contributed by atoms with van der Waals surface area (Å²) in [7, 11) is 0. The van der Waals surface area contributed by atoms with E-state index in [4.69, 9.17) is 5.73 Å². The third kappa shape index (κ3) is 16.2. The molecule has 0 unspecified atom stereocenters. The maximum Gasteiger partial charge on any atom is -0.000664 e. The van der Waals surface area contributed by atoms with Crippen LogP contribution in [0.15, 0.2) is 0 Å². The molecular formula is C18H42N4. The molecule has 4 N–H and O–H groups in total. The van der Waals surface area contributed by atoms with Crippen LogP contribution >= 0.6 is 0 Å². The molecule has 0 saturated heterocycles. The number of nitrogens with zero attached hydrogens (tertiary/aromatic N) is 1. The zero-order chi connectivity index (χ0) is 16.3. The summed E-state index contributed by atoms with van der Waals surface area (Å²) in [6.45, 7) is 13.7. The van der Waals surface area contributed by atoms with Gasteiger partial charge in [0.15, 0.2) is 0 Å². The van der Waals surface area contributed by atoms with E-state index in [1.54, 1.807) is 0 Å². The summed E-state index contributed by atoms with van der Waals surface area (Å²) in [5, 5.41) is 7.01. The Morgan fingerprint density at radius 1 is 0.636 bits per heavy atom. The summed E-state index contributed by atoms with van der Waals surface area (Å²) >= 11 is 0. The van der Waals surface area contributed by atoms with E-state index < -0.39 is 0 Å². The van der Waals surface area contributed by atoms with Crippen molar-refractivity contribution < 1.29 is 0 Å². The molecule has 4 heteroatoms. The fourth-order valence-electron chi connectivity index (χ4n) is 2.50. The first kappa shape index (κ1) is 21.8. The molecule has 0 heterocycles. The molecular weight excluding hydrogens is 272 g/mol. The van der Waals surface area contributed by atoms with Gasteiger partial charge in [-0.3, -0.25) is 0 Å². The van der Waals surface area contributed by atoms with Gasteiger partial charge in [-0.25, -0.2) is 0 Å². The van der Waals surface area contributed by atoms with E-state index in [0.29, 0.717) is 0 Å². The van der Waals surface area contributed by atoms with Gasteiger partial charge in [0.05, 0.1) is 0 Å². The highest BCUT2D eigenvalue weighted by Crippen LogP contribution is 2.00. The third-order valence-electron chi connectivity index (χ3n) is 4.00. The lowest BCUT2D eigenvalue weighted by atomic mass is 10.2. The van der Waals surface area contributed by atoms with Gasteiger partial charge in [0.25, 0.3) is 0 Å². The molecule has 134 valence electrons. The van der Waals surface area contributed by atoms with Crippen LogP contribution in [0.1, 0.15) is 65.2 Å². The summed E-state index contributed by atoms with van der Waals surface area (Å²) in [4.78, 5) is 2.65. The van der Waals surface area contributed by atoms with E-state index in [-0.39, 0.29) is 0 Å². The van der Waals surface area contributed by atoms with Crippen LogP contribution < -0.4 is 16.4 Å². The fraction of sp³-hybridized carbons (Fsp3) is 1.00. The number of rotatable bonds is 18. The van der Waals surface area contributed by atoms with Crippen molar-refractivity contribution in [3.63, 3.8) is 0 Å². The first-order chi connectivity index (χ1) is 10.8. The van der Waals surface area contributed by atoms with Gasteiger partial charge >= 0.3 is 0 Å². The van der Waals surface area contributed by atoms with Gasteiger partial charge < -0.3 is 21.3 Å². The predicted molar refractivity (Wildman–Crippen MR) is 99.5 cm³/mol. The second-order valence-electron chi connectivity index (χ2n) is 6.25. The Morgan fingerprint density at radius 2 is 1.09 bits per heavy atom. The molecule has 0 aliphatic carbocycles. The van der Waals surface area contributed by atoms with Crippen LogP contribution in [0, 0.1) is 0 Å². The van der Waals surface area contributed by atoms with E-state index in [0.717, 1.165) is 39.1 Å². The van der Waals surface area contributed by atoms with Gasteiger partial charge in [-0.15, -0.1) is 0 Å². The van der Waals surface area contributed by atoms with Crippen LogP contribution in [-0.4, -0.2) is 57.3 Å². The molecule has 0 amide bonds. The number of unbranched alkanes of at least 4 members (excludes halogenated alkanes) is 3. The standard InChI is InChI=1S/C18H42N4/c1-3-5-16-22(17-6-4-2)18-10-15-21-13-8-7-12-20-14-9-11-19/h20-21H,3-19H2,1-2H3. The Balaban J connectivity index is 3.33. The zero-order valence-electron chi connectivity index (χ0n) is 15.3. The minimum atomic E-state index is 0.794. The largest absolute Gasteiger partial charge is 0.330 e. The monoisotopic (exact) mass is 314 g/mol. The lowest BCUT2D eigenvalue weighted by Gasteiger charge is -2.21. The normalized spacial score (nSPS) is 11.5. The van der Waals surface area contributed by atoms with Crippen LogP contribution in [0.4, 0.5) is 0 Å². The van der Waals surface area contributed by atoms with Crippen molar-refractivity contribution in [3.05, 3.63) is 0 Å². The Kier molecular flexibility index (Phi) is 18.8. The Labute approximate surface area is 139 Å². The molecule has 22 heavy (non-hydrogen) atoms. The van der Waals surface area contributed by atoms with Crippen molar-refractivity contribution in [1.82, 2.24) is 15.5 Å². The van der Waals surface area contributed by atoms with Crippen molar-refractivity contribution in [2.75, 3.05) is 52.4 Å². The summed E-state index contributed by atoms with van der Waals surface area (Å²) in [6, 6.07) is 0. The van der Waals surface area contributed by atoms with Gasteiger partial charge in [-0.1, -0.05) is 26.7 Å². The molecule has 4 nitrogen and oxygen atoms in total. The molecule has 0 aliphatic heterocycles. The molecule has 0 radical (unpaired) electrons. The van der Waals surface area contributed by atoms with Crippen molar-refractivity contribution in [2.45, 2.75) is 65.2 Å². The zero-order valence-corrected chi connectivity index (χ0v) is 15.3. The van der Waals surface area contributed by atoms with E-state index in [1.165, 1.54) is 64.6 Å². The minimum absolute atomic E-state index is 0.794. The average Bonchev–Trinajstić information content (AvgIpc) is 2.54. The molecule has 0 saturated carbocycles. The molecule has 0 bridgehead atoms. The summed E-state index contributed by atoms with van der Waals surface area (Å²) < 4.78 is 0. The lowest BCUT2D eigenvalue weighted by molar-refractivity contribution is 0.261. The molecule has 0 aromatic rings. The number of hydrogen-bond acceptors (Lipinski definition) is 4. The van der Waals surface area contributed by atoms with Gasteiger partial charge in [0.2, 0.25) is 0 Å². The molecule has 0 fully saturated rings. The lowest BCUT2D eigenvalue weighted by Crippen LogP contribution is -2.30. The maximum absolute atomic E-state index is 5.46. The average molecular weight is 315 g/mol.